The normalized spacial score (nSPS) is 14.7. The Hall–Kier alpha value is -2.87. The van der Waals surface area contributed by atoms with E-state index in [1.165, 1.54) is 12.3 Å². The zero-order valence-electron chi connectivity index (χ0n) is 13.1. The van der Waals surface area contributed by atoms with E-state index in [4.69, 9.17) is 10.2 Å². The average Bonchev–Trinajstić information content (AvgIpc) is 3.10. The molecule has 1 amide bonds. The van der Waals surface area contributed by atoms with E-state index in [1.807, 2.05) is 4.90 Å². The Bertz CT molecular complexity index is 750. The smallest absolute Gasteiger partial charge is 0.292 e. The van der Waals surface area contributed by atoms with Crippen LogP contribution >= 0.6 is 0 Å². The van der Waals surface area contributed by atoms with Crippen molar-refractivity contribution in [2.75, 3.05) is 31.1 Å². The lowest BCUT2D eigenvalue weighted by molar-refractivity contribution is -0.384. The van der Waals surface area contributed by atoms with Gasteiger partial charge < -0.3 is 20.0 Å². The van der Waals surface area contributed by atoms with Crippen LogP contribution in [-0.4, -0.2) is 41.9 Å². The summed E-state index contributed by atoms with van der Waals surface area (Å²) < 4.78 is 5.20. The monoisotopic (exact) mass is 330 g/mol. The number of carbonyl (C=O) groups excluding carboxylic acids is 1. The number of hydrogen-bond acceptors (Lipinski definition) is 6. The lowest BCUT2D eigenvalue weighted by Crippen LogP contribution is -2.48. The topological polar surface area (TPSA) is 106 Å². The molecule has 1 aliphatic heterocycles. The van der Waals surface area contributed by atoms with E-state index < -0.39 is 0 Å². The molecule has 2 N–H and O–H groups in total. The fourth-order valence-corrected chi connectivity index (χ4v) is 2.82. The highest BCUT2D eigenvalue weighted by Gasteiger charge is 2.26. The number of benzene rings is 1. The molecular weight excluding hydrogens is 312 g/mol. The average molecular weight is 330 g/mol. The molecule has 1 saturated heterocycles. The number of furan rings is 1. The maximum Gasteiger partial charge on any atom is 0.292 e. The van der Waals surface area contributed by atoms with Crippen LogP contribution in [-0.2, 0) is 6.54 Å². The molecule has 8 heteroatoms. The highest BCUT2D eigenvalue weighted by molar-refractivity contribution is 5.94. The largest absolute Gasteiger partial charge is 0.467 e. The Morgan fingerprint density at radius 1 is 1.25 bits per heavy atom. The van der Waals surface area contributed by atoms with E-state index >= 15 is 0 Å². The summed E-state index contributed by atoms with van der Waals surface area (Å²) in [6, 6.07) is 8.30. The standard InChI is InChI=1S/C16H18N4O4/c17-10-13-9-12(11-24-13)16(21)19-7-5-18(6-8-19)14-3-1-2-4-15(14)20(22)23/h1-4,9,11H,5-8,10,17H2. The van der Waals surface area contributed by atoms with Crippen LogP contribution in [0.25, 0.3) is 0 Å². The van der Waals surface area contributed by atoms with Crippen LogP contribution in [0.15, 0.2) is 41.0 Å². The summed E-state index contributed by atoms with van der Waals surface area (Å²) in [6.07, 6.45) is 1.42. The molecule has 0 saturated carbocycles. The summed E-state index contributed by atoms with van der Waals surface area (Å²) in [6.45, 7) is 2.32. The van der Waals surface area contributed by atoms with Crippen molar-refractivity contribution in [1.82, 2.24) is 4.90 Å². The van der Waals surface area contributed by atoms with Gasteiger partial charge in [0.1, 0.15) is 17.7 Å². The first-order chi connectivity index (χ1) is 11.6. The van der Waals surface area contributed by atoms with Crippen LogP contribution in [0.4, 0.5) is 11.4 Å². The molecule has 8 nitrogen and oxygen atoms in total. The third-order valence-corrected chi connectivity index (χ3v) is 4.09. The van der Waals surface area contributed by atoms with Crippen molar-refractivity contribution in [3.63, 3.8) is 0 Å². The minimum Gasteiger partial charge on any atom is -0.467 e. The predicted molar refractivity (Wildman–Crippen MR) is 87.8 cm³/mol. The summed E-state index contributed by atoms with van der Waals surface area (Å²) in [7, 11) is 0. The van der Waals surface area contributed by atoms with Crippen molar-refractivity contribution in [1.29, 1.82) is 0 Å². The van der Waals surface area contributed by atoms with Crippen molar-refractivity contribution in [2.24, 2.45) is 5.73 Å². The van der Waals surface area contributed by atoms with Gasteiger partial charge >= 0.3 is 0 Å². The van der Waals surface area contributed by atoms with Crippen molar-refractivity contribution in [2.45, 2.75) is 6.54 Å². The molecule has 0 atom stereocenters. The molecule has 0 bridgehead atoms. The van der Waals surface area contributed by atoms with Crippen LogP contribution in [0.1, 0.15) is 16.1 Å². The molecule has 126 valence electrons. The molecule has 1 aromatic heterocycles. The SMILES string of the molecule is NCc1cc(C(=O)N2CCN(c3ccccc3[N+](=O)[O-])CC2)co1. The summed E-state index contributed by atoms with van der Waals surface area (Å²) in [4.78, 5) is 26.9. The molecule has 0 unspecified atom stereocenters. The zero-order chi connectivity index (χ0) is 17.1. The Balaban J connectivity index is 1.68. The second-order valence-corrected chi connectivity index (χ2v) is 5.53. The fraction of sp³-hybridized carbons (Fsp3) is 0.312. The second-order valence-electron chi connectivity index (χ2n) is 5.53. The van der Waals surface area contributed by atoms with Gasteiger partial charge in [0.25, 0.3) is 11.6 Å². The van der Waals surface area contributed by atoms with E-state index in [0.717, 1.165) is 0 Å². The third kappa shape index (κ3) is 3.09. The first kappa shape index (κ1) is 16.0. The quantitative estimate of drug-likeness (QED) is 0.674. The Morgan fingerprint density at radius 2 is 1.96 bits per heavy atom. The van der Waals surface area contributed by atoms with Gasteiger partial charge in [-0.3, -0.25) is 14.9 Å². The van der Waals surface area contributed by atoms with Crippen molar-refractivity contribution in [3.8, 4) is 0 Å². The molecule has 0 aliphatic carbocycles. The van der Waals surface area contributed by atoms with E-state index in [1.54, 1.807) is 29.2 Å². The molecule has 3 rings (SSSR count). The summed E-state index contributed by atoms with van der Waals surface area (Å²) in [5, 5.41) is 11.1. The first-order valence-electron chi connectivity index (χ1n) is 7.65. The van der Waals surface area contributed by atoms with E-state index in [2.05, 4.69) is 0 Å². The van der Waals surface area contributed by atoms with Gasteiger partial charge in [-0.1, -0.05) is 12.1 Å². The van der Waals surface area contributed by atoms with Crippen LogP contribution in [0, 0.1) is 10.1 Å². The van der Waals surface area contributed by atoms with E-state index in [-0.39, 0.29) is 23.1 Å². The van der Waals surface area contributed by atoms with Gasteiger partial charge in [0.05, 0.1) is 17.0 Å². The number of rotatable bonds is 4. The molecule has 2 heterocycles. The number of nitro groups is 1. The lowest BCUT2D eigenvalue weighted by atomic mass is 10.2. The molecule has 0 spiro atoms. The van der Waals surface area contributed by atoms with Crippen molar-refractivity contribution >= 4 is 17.3 Å². The fourth-order valence-electron chi connectivity index (χ4n) is 2.82. The number of piperazine rings is 1. The van der Waals surface area contributed by atoms with Crippen LogP contribution < -0.4 is 10.6 Å². The summed E-state index contributed by atoms with van der Waals surface area (Å²) in [5.41, 5.74) is 6.63. The van der Waals surface area contributed by atoms with Gasteiger partial charge in [-0.05, 0) is 12.1 Å². The Morgan fingerprint density at radius 3 is 2.58 bits per heavy atom. The summed E-state index contributed by atoms with van der Waals surface area (Å²) in [5.74, 6) is 0.456. The molecule has 1 aromatic carbocycles. The highest BCUT2D eigenvalue weighted by atomic mass is 16.6. The first-order valence-corrected chi connectivity index (χ1v) is 7.65. The van der Waals surface area contributed by atoms with Crippen molar-refractivity contribution in [3.05, 3.63) is 58.0 Å². The Kier molecular flexibility index (Phi) is 4.48. The molecule has 24 heavy (non-hydrogen) atoms. The number of amides is 1. The number of nitrogens with zero attached hydrogens (tertiary/aromatic N) is 3. The second kappa shape index (κ2) is 6.71. The minimum atomic E-state index is -0.382. The van der Waals surface area contributed by atoms with Gasteiger partial charge in [-0.25, -0.2) is 0 Å². The number of nitro benzene ring substituents is 1. The van der Waals surface area contributed by atoms with Gasteiger partial charge in [0, 0.05) is 32.2 Å². The summed E-state index contributed by atoms with van der Waals surface area (Å²) >= 11 is 0. The number of carbonyl (C=O) groups is 1. The number of nitrogens with two attached hydrogens (primary N) is 1. The van der Waals surface area contributed by atoms with Gasteiger partial charge in [0.2, 0.25) is 0 Å². The number of para-hydroxylation sites is 2. The van der Waals surface area contributed by atoms with Crippen LogP contribution in [0.3, 0.4) is 0 Å². The van der Waals surface area contributed by atoms with E-state index in [9.17, 15) is 14.9 Å². The lowest BCUT2D eigenvalue weighted by Gasteiger charge is -2.35. The van der Waals surface area contributed by atoms with E-state index in [0.29, 0.717) is 43.2 Å². The third-order valence-electron chi connectivity index (χ3n) is 4.09. The van der Waals surface area contributed by atoms with Crippen LogP contribution in [0.5, 0.6) is 0 Å². The maximum absolute atomic E-state index is 12.4. The Labute approximate surface area is 138 Å². The number of hydrogen-bond donors (Lipinski definition) is 1. The van der Waals surface area contributed by atoms with Gasteiger partial charge in [0.15, 0.2) is 0 Å². The molecular formula is C16H18N4O4. The minimum absolute atomic E-state index is 0.0831. The van der Waals surface area contributed by atoms with Crippen molar-refractivity contribution < 1.29 is 14.1 Å². The van der Waals surface area contributed by atoms with Crippen LogP contribution in [0.2, 0.25) is 0 Å². The predicted octanol–water partition coefficient (Wildman–Crippen LogP) is 1.61. The number of anilines is 1. The molecule has 1 fully saturated rings. The molecule has 0 radical (unpaired) electrons. The van der Waals surface area contributed by atoms with Gasteiger partial charge in [-0.15, -0.1) is 0 Å². The molecule has 1 aliphatic rings. The van der Waals surface area contributed by atoms with Gasteiger partial charge in [-0.2, -0.15) is 0 Å². The molecule has 2 aromatic rings. The maximum atomic E-state index is 12.4. The zero-order valence-corrected chi connectivity index (χ0v) is 13.1. The highest BCUT2D eigenvalue weighted by Crippen LogP contribution is 2.28.